The minimum absolute atomic E-state index is 0.167. The fourth-order valence-electron chi connectivity index (χ4n) is 2.64. The molecule has 1 atom stereocenters. The molecule has 1 heterocycles. The molecule has 21 heavy (non-hydrogen) atoms. The van der Waals surface area contributed by atoms with Gasteiger partial charge in [-0.2, -0.15) is 0 Å². The molecule has 0 radical (unpaired) electrons. The number of nitro benzene ring substituents is 1. The van der Waals surface area contributed by atoms with Crippen molar-refractivity contribution >= 4 is 23.1 Å². The van der Waals surface area contributed by atoms with Gasteiger partial charge in [0.2, 0.25) is 0 Å². The molecule has 1 aliphatic rings. The van der Waals surface area contributed by atoms with Crippen molar-refractivity contribution in [1.82, 2.24) is 0 Å². The third-order valence-corrected chi connectivity index (χ3v) is 4.82. The van der Waals surface area contributed by atoms with Crippen LogP contribution in [0, 0.1) is 17.0 Å². The van der Waals surface area contributed by atoms with Gasteiger partial charge in [-0.25, -0.2) is 0 Å². The lowest BCUT2D eigenvalue weighted by Gasteiger charge is -2.26. The van der Waals surface area contributed by atoms with Crippen LogP contribution in [-0.4, -0.2) is 10.7 Å². The molecule has 1 unspecified atom stereocenters. The van der Waals surface area contributed by atoms with E-state index in [4.69, 9.17) is 0 Å². The molecule has 1 aliphatic heterocycles. The molecule has 0 aliphatic carbocycles. The van der Waals surface area contributed by atoms with Gasteiger partial charge in [-0.1, -0.05) is 18.2 Å². The molecule has 3 rings (SSSR count). The van der Waals surface area contributed by atoms with Gasteiger partial charge in [0, 0.05) is 28.0 Å². The maximum absolute atomic E-state index is 10.9. The number of nitrogens with one attached hydrogen (secondary N) is 1. The molecular formula is C16H16N2O2S. The lowest BCUT2D eigenvalue weighted by atomic mass is 10.0. The molecule has 0 bridgehead atoms. The van der Waals surface area contributed by atoms with Crippen molar-refractivity contribution in [3.8, 4) is 0 Å². The smallest absolute Gasteiger partial charge is 0.272 e. The van der Waals surface area contributed by atoms with Gasteiger partial charge in [-0.3, -0.25) is 10.1 Å². The van der Waals surface area contributed by atoms with Crippen LogP contribution in [0.2, 0.25) is 0 Å². The monoisotopic (exact) mass is 300 g/mol. The van der Waals surface area contributed by atoms with Gasteiger partial charge in [-0.15, -0.1) is 11.8 Å². The van der Waals surface area contributed by atoms with Crippen LogP contribution in [0.1, 0.15) is 23.6 Å². The normalized spacial score (nSPS) is 17.1. The SMILES string of the molecule is Cc1cc(NC2CCSc3ccccc32)ccc1[N+](=O)[O-]. The second-order valence-electron chi connectivity index (χ2n) is 5.13. The Balaban J connectivity index is 1.85. The largest absolute Gasteiger partial charge is 0.378 e. The number of nitrogens with zero attached hydrogens (tertiary/aromatic N) is 1. The first kappa shape index (κ1) is 13.9. The van der Waals surface area contributed by atoms with E-state index in [0.29, 0.717) is 5.56 Å². The van der Waals surface area contributed by atoms with Gasteiger partial charge in [0.25, 0.3) is 5.69 Å². The lowest BCUT2D eigenvalue weighted by molar-refractivity contribution is -0.385. The van der Waals surface area contributed by atoms with Gasteiger partial charge in [0.15, 0.2) is 0 Å². The Bertz CT molecular complexity index is 688. The molecule has 0 spiro atoms. The average Bonchev–Trinajstić information content (AvgIpc) is 2.47. The van der Waals surface area contributed by atoms with Gasteiger partial charge in [0.05, 0.1) is 11.0 Å². The van der Waals surface area contributed by atoms with Gasteiger partial charge in [-0.05, 0) is 37.1 Å². The summed E-state index contributed by atoms with van der Waals surface area (Å²) in [6.07, 6.45) is 1.05. The first-order chi connectivity index (χ1) is 10.1. The minimum atomic E-state index is -0.342. The maximum atomic E-state index is 10.9. The summed E-state index contributed by atoms with van der Waals surface area (Å²) in [6.45, 7) is 1.77. The summed E-state index contributed by atoms with van der Waals surface area (Å²) in [6, 6.07) is 13.9. The fraction of sp³-hybridized carbons (Fsp3) is 0.250. The highest BCUT2D eigenvalue weighted by Gasteiger charge is 2.20. The van der Waals surface area contributed by atoms with E-state index in [0.717, 1.165) is 17.9 Å². The Morgan fingerprint density at radius 1 is 1.29 bits per heavy atom. The first-order valence-corrected chi connectivity index (χ1v) is 7.87. The third-order valence-electron chi connectivity index (χ3n) is 3.69. The second kappa shape index (κ2) is 5.77. The Hall–Kier alpha value is -2.01. The number of fused-ring (bicyclic) bond motifs is 1. The van der Waals surface area contributed by atoms with Crippen LogP contribution < -0.4 is 5.32 Å². The topological polar surface area (TPSA) is 55.2 Å². The van der Waals surface area contributed by atoms with Crippen molar-refractivity contribution in [2.45, 2.75) is 24.3 Å². The number of anilines is 1. The van der Waals surface area contributed by atoms with Crippen molar-refractivity contribution in [2.75, 3.05) is 11.1 Å². The molecule has 0 saturated heterocycles. The first-order valence-electron chi connectivity index (χ1n) is 6.88. The van der Waals surface area contributed by atoms with Crippen LogP contribution in [0.5, 0.6) is 0 Å². The number of aryl methyl sites for hydroxylation is 1. The summed E-state index contributed by atoms with van der Waals surface area (Å²) in [5, 5.41) is 14.4. The highest BCUT2D eigenvalue weighted by Crippen LogP contribution is 2.38. The van der Waals surface area contributed by atoms with E-state index in [1.807, 2.05) is 17.8 Å². The molecule has 0 saturated carbocycles. The summed E-state index contributed by atoms with van der Waals surface area (Å²) in [5.74, 6) is 1.08. The van der Waals surface area contributed by atoms with Crippen molar-refractivity contribution in [1.29, 1.82) is 0 Å². The lowest BCUT2D eigenvalue weighted by Crippen LogP contribution is -2.16. The van der Waals surface area contributed by atoms with Gasteiger partial charge in [0.1, 0.15) is 0 Å². The Morgan fingerprint density at radius 2 is 2.10 bits per heavy atom. The molecule has 0 fully saturated rings. The number of benzene rings is 2. The van der Waals surface area contributed by atoms with Gasteiger partial charge >= 0.3 is 0 Å². The zero-order valence-corrected chi connectivity index (χ0v) is 12.5. The van der Waals surface area contributed by atoms with E-state index in [1.54, 1.807) is 19.1 Å². The van der Waals surface area contributed by atoms with E-state index in [2.05, 4.69) is 29.6 Å². The van der Waals surface area contributed by atoms with Crippen molar-refractivity contribution in [2.24, 2.45) is 0 Å². The standard InChI is InChI=1S/C16H16N2O2S/c1-11-10-12(6-7-15(11)18(19)20)17-14-8-9-21-16-5-3-2-4-13(14)16/h2-7,10,14,17H,8-9H2,1H3. The third kappa shape index (κ3) is 2.88. The van der Waals surface area contributed by atoms with Crippen LogP contribution >= 0.6 is 11.8 Å². The molecule has 4 nitrogen and oxygen atoms in total. The zero-order valence-electron chi connectivity index (χ0n) is 11.7. The molecule has 2 aromatic rings. The summed E-state index contributed by atoms with van der Waals surface area (Å²) < 4.78 is 0. The van der Waals surface area contributed by atoms with E-state index in [9.17, 15) is 10.1 Å². The van der Waals surface area contributed by atoms with Crippen LogP contribution in [0.4, 0.5) is 11.4 Å². The van der Waals surface area contributed by atoms with Crippen LogP contribution in [0.3, 0.4) is 0 Å². The van der Waals surface area contributed by atoms with Crippen LogP contribution in [0.25, 0.3) is 0 Å². The minimum Gasteiger partial charge on any atom is -0.378 e. The Kier molecular flexibility index (Phi) is 3.84. The summed E-state index contributed by atoms with van der Waals surface area (Å²) in [5.41, 5.74) is 3.10. The summed E-state index contributed by atoms with van der Waals surface area (Å²) >= 11 is 1.88. The molecular weight excluding hydrogens is 284 g/mol. The zero-order chi connectivity index (χ0) is 14.8. The van der Waals surface area contributed by atoms with Crippen LogP contribution in [-0.2, 0) is 0 Å². The van der Waals surface area contributed by atoms with Crippen molar-refractivity contribution in [3.63, 3.8) is 0 Å². The highest BCUT2D eigenvalue weighted by molar-refractivity contribution is 7.99. The van der Waals surface area contributed by atoms with Crippen molar-refractivity contribution < 1.29 is 4.92 Å². The fourth-order valence-corrected chi connectivity index (χ4v) is 3.77. The molecule has 2 aromatic carbocycles. The predicted molar refractivity (Wildman–Crippen MR) is 86.0 cm³/mol. The second-order valence-corrected chi connectivity index (χ2v) is 6.27. The maximum Gasteiger partial charge on any atom is 0.272 e. The molecule has 108 valence electrons. The van der Waals surface area contributed by atoms with Gasteiger partial charge < -0.3 is 5.32 Å². The van der Waals surface area contributed by atoms with E-state index < -0.39 is 0 Å². The number of rotatable bonds is 3. The predicted octanol–water partition coefficient (Wildman–Crippen LogP) is 4.55. The summed E-state index contributed by atoms with van der Waals surface area (Å²) in [4.78, 5) is 11.8. The highest BCUT2D eigenvalue weighted by atomic mass is 32.2. The number of hydrogen-bond donors (Lipinski definition) is 1. The van der Waals surface area contributed by atoms with Crippen molar-refractivity contribution in [3.05, 3.63) is 63.7 Å². The van der Waals surface area contributed by atoms with E-state index in [-0.39, 0.29) is 16.7 Å². The van der Waals surface area contributed by atoms with E-state index in [1.165, 1.54) is 10.5 Å². The van der Waals surface area contributed by atoms with Crippen LogP contribution in [0.15, 0.2) is 47.4 Å². The molecule has 0 aromatic heterocycles. The van der Waals surface area contributed by atoms with E-state index >= 15 is 0 Å². The molecule has 5 heteroatoms. The average molecular weight is 300 g/mol. The number of thioether (sulfide) groups is 1. The number of nitro groups is 1. The molecule has 0 amide bonds. The Labute approximate surface area is 127 Å². The Morgan fingerprint density at radius 3 is 2.86 bits per heavy atom. The number of hydrogen-bond acceptors (Lipinski definition) is 4. The molecule has 1 N–H and O–H groups in total. The summed E-state index contributed by atoms with van der Waals surface area (Å²) in [7, 11) is 0. The quantitative estimate of drug-likeness (QED) is 0.667.